The Bertz CT molecular complexity index is 555. The van der Waals surface area contributed by atoms with Crippen LogP contribution in [0.3, 0.4) is 0 Å². The molecule has 2 rings (SSSR count). The van der Waals surface area contributed by atoms with E-state index in [9.17, 15) is 4.39 Å². The molecule has 0 aliphatic carbocycles. The van der Waals surface area contributed by atoms with Gasteiger partial charge in [0.05, 0.1) is 22.9 Å². The van der Waals surface area contributed by atoms with Crippen molar-refractivity contribution in [2.75, 3.05) is 11.9 Å². The lowest BCUT2D eigenvalue weighted by Crippen LogP contribution is -2.20. The van der Waals surface area contributed by atoms with E-state index in [1.165, 1.54) is 18.2 Å². The maximum atomic E-state index is 13.2. The molecule has 0 spiro atoms. The Morgan fingerprint density at radius 1 is 1.53 bits per heavy atom. The van der Waals surface area contributed by atoms with E-state index in [0.717, 1.165) is 12.1 Å². The average Bonchev–Trinajstić information content (AvgIpc) is 2.88. The summed E-state index contributed by atoms with van der Waals surface area (Å²) >= 11 is 6.03. The van der Waals surface area contributed by atoms with E-state index in [4.69, 9.17) is 17.3 Å². The molecular weight excluding hydrogens is 267 g/mol. The zero-order valence-corrected chi connectivity index (χ0v) is 11.4. The first-order valence-electron chi connectivity index (χ1n) is 6.08. The van der Waals surface area contributed by atoms with Crippen LogP contribution in [0.4, 0.5) is 10.1 Å². The summed E-state index contributed by atoms with van der Waals surface area (Å²) in [5.41, 5.74) is 7.23. The van der Waals surface area contributed by atoms with E-state index in [0.29, 0.717) is 17.3 Å². The number of anilines is 1. The molecule has 0 aliphatic rings. The highest BCUT2D eigenvalue weighted by Gasteiger charge is 2.13. The van der Waals surface area contributed by atoms with Gasteiger partial charge < -0.3 is 11.1 Å². The van der Waals surface area contributed by atoms with Crippen molar-refractivity contribution in [1.82, 2.24) is 9.78 Å². The van der Waals surface area contributed by atoms with Crippen LogP contribution in [0.2, 0.25) is 5.02 Å². The summed E-state index contributed by atoms with van der Waals surface area (Å²) in [4.78, 5) is 0. The van der Waals surface area contributed by atoms with Gasteiger partial charge in [-0.25, -0.2) is 4.39 Å². The van der Waals surface area contributed by atoms with Crippen LogP contribution in [0.5, 0.6) is 0 Å². The van der Waals surface area contributed by atoms with Gasteiger partial charge in [0.15, 0.2) is 0 Å². The molecule has 0 bridgehead atoms. The second kappa shape index (κ2) is 6.04. The maximum Gasteiger partial charge on any atom is 0.125 e. The Morgan fingerprint density at radius 2 is 2.32 bits per heavy atom. The van der Waals surface area contributed by atoms with Crippen molar-refractivity contribution in [3.05, 3.63) is 47.0 Å². The minimum Gasteiger partial charge on any atom is -0.376 e. The standard InChI is InChI=1S/C13H16ClFN4/c1-2-19-8-9(7-17-19)13(6-16)18-12-5-10(15)3-4-11(12)14/h3-5,7-8,13,18H,2,6,16H2,1H3. The fourth-order valence-corrected chi connectivity index (χ4v) is 1.98. The van der Waals surface area contributed by atoms with Crippen molar-refractivity contribution in [3.63, 3.8) is 0 Å². The number of aryl methyl sites for hydroxylation is 1. The Balaban J connectivity index is 2.21. The zero-order valence-electron chi connectivity index (χ0n) is 10.6. The lowest BCUT2D eigenvalue weighted by Gasteiger charge is -2.17. The smallest absolute Gasteiger partial charge is 0.125 e. The van der Waals surface area contributed by atoms with Crippen molar-refractivity contribution in [3.8, 4) is 0 Å². The minimum absolute atomic E-state index is 0.153. The Kier molecular flexibility index (Phi) is 4.39. The molecule has 1 aromatic carbocycles. The lowest BCUT2D eigenvalue weighted by molar-refractivity contribution is 0.627. The molecular formula is C13H16ClFN4. The van der Waals surface area contributed by atoms with Gasteiger partial charge in [-0.15, -0.1) is 0 Å². The molecule has 0 fully saturated rings. The van der Waals surface area contributed by atoms with Gasteiger partial charge in [0.2, 0.25) is 0 Å². The molecule has 0 aliphatic heterocycles. The fraction of sp³-hybridized carbons (Fsp3) is 0.308. The Labute approximate surface area is 116 Å². The van der Waals surface area contributed by atoms with Gasteiger partial charge in [0.25, 0.3) is 0 Å². The fourth-order valence-electron chi connectivity index (χ4n) is 1.81. The molecule has 19 heavy (non-hydrogen) atoms. The number of nitrogens with zero attached hydrogens (tertiary/aromatic N) is 2. The molecule has 1 unspecified atom stereocenters. The van der Waals surface area contributed by atoms with E-state index in [1.54, 1.807) is 6.20 Å². The number of aromatic nitrogens is 2. The van der Waals surface area contributed by atoms with Gasteiger partial charge in [-0.2, -0.15) is 5.10 Å². The molecule has 6 heteroatoms. The largest absolute Gasteiger partial charge is 0.376 e. The van der Waals surface area contributed by atoms with Crippen molar-refractivity contribution >= 4 is 17.3 Å². The van der Waals surface area contributed by atoms with Crippen LogP contribution < -0.4 is 11.1 Å². The van der Waals surface area contributed by atoms with Crippen molar-refractivity contribution in [1.29, 1.82) is 0 Å². The van der Waals surface area contributed by atoms with Crippen LogP contribution >= 0.6 is 11.6 Å². The molecule has 3 N–H and O–H groups in total. The molecule has 0 amide bonds. The van der Waals surface area contributed by atoms with Gasteiger partial charge >= 0.3 is 0 Å². The lowest BCUT2D eigenvalue weighted by atomic mass is 10.1. The summed E-state index contributed by atoms with van der Waals surface area (Å²) in [6, 6.07) is 4.04. The van der Waals surface area contributed by atoms with Gasteiger partial charge in [-0.05, 0) is 25.1 Å². The summed E-state index contributed by atoms with van der Waals surface area (Å²) in [5, 5.41) is 7.80. The molecule has 102 valence electrons. The topological polar surface area (TPSA) is 55.9 Å². The number of hydrogen-bond donors (Lipinski definition) is 2. The van der Waals surface area contributed by atoms with Crippen LogP contribution in [0.1, 0.15) is 18.5 Å². The third-order valence-electron chi connectivity index (χ3n) is 2.87. The molecule has 1 atom stereocenters. The van der Waals surface area contributed by atoms with Gasteiger partial charge in [0.1, 0.15) is 5.82 Å². The molecule has 0 saturated carbocycles. The average molecular weight is 283 g/mol. The van der Waals surface area contributed by atoms with E-state index in [-0.39, 0.29) is 11.9 Å². The first-order chi connectivity index (χ1) is 9.13. The number of benzene rings is 1. The first kappa shape index (κ1) is 13.8. The first-order valence-corrected chi connectivity index (χ1v) is 6.45. The molecule has 4 nitrogen and oxygen atoms in total. The summed E-state index contributed by atoms with van der Waals surface area (Å²) in [7, 11) is 0. The normalized spacial score (nSPS) is 12.4. The molecule has 0 saturated heterocycles. The number of hydrogen-bond acceptors (Lipinski definition) is 3. The van der Waals surface area contributed by atoms with Crippen LogP contribution in [-0.2, 0) is 6.54 Å². The Morgan fingerprint density at radius 3 is 2.95 bits per heavy atom. The van der Waals surface area contributed by atoms with E-state index < -0.39 is 0 Å². The maximum absolute atomic E-state index is 13.2. The summed E-state index contributed by atoms with van der Waals surface area (Å²) < 4.78 is 15.0. The van der Waals surface area contributed by atoms with Crippen molar-refractivity contribution in [2.45, 2.75) is 19.5 Å². The number of nitrogens with two attached hydrogens (primary N) is 1. The third-order valence-corrected chi connectivity index (χ3v) is 3.20. The quantitative estimate of drug-likeness (QED) is 0.887. The zero-order chi connectivity index (χ0) is 13.8. The predicted octanol–water partition coefficient (Wildman–Crippen LogP) is 2.81. The highest BCUT2D eigenvalue weighted by molar-refractivity contribution is 6.33. The number of nitrogens with one attached hydrogen (secondary N) is 1. The summed E-state index contributed by atoms with van der Waals surface area (Å²) in [6.07, 6.45) is 3.67. The highest BCUT2D eigenvalue weighted by atomic mass is 35.5. The second-order valence-corrected chi connectivity index (χ2v) is 4.59. The van der Waals surface area contributed by atoms with Gasteiger partial charge in [-0.1, -0.05) is 11.6 Å². The van der Waals surface area contributed by atoms with E-state index in [1.807, 2.05) is 17.8 Å². The number of rotatable bonds is 5. The van der Waals surface area contributed by atoms with Crippen LogP contribution in [0.15, 0.2) is 30.6 Å². The van der Waals surface area contributed by atoms with Crippen LogP contribution in [0, 0.1) is 5.82 Å². The SMILES string of the molecule is CCn1cc(C(CN)Nc2cc(F)ccc2Cl)cn1. The summed E-state index contributed by atoms with van der Waals surface area (Å²) in [6.45, 7) is 3.16. The number of halogens is 2. The van der Waals surface area contributed by atoms with Crippen LogP contribution in [-0.4, -0.2) is 16.3 Å². The molecule has 1 heterocycles. The van der Waals surface area contributed by atoms with Gasteiger partial charge in [0, 0.05) is 24.8 Å². The van der Waals surface area contributed by atoms with Crippen molar-refractivity contribution in [2.24, 2.45) is 5.73 Å². The Hall–Kier alpha value is -1.59. The second-order valence-electron chi connectivity index (χ2n) is 4.19. The van der Waals surface area contributed by atoms with Gasteiger partial charge in [-0.3, -0.25) is 4.68 Å². The monoisotopic (exact) mass is 282 g/mol. The van der Waals surface area contributed by atoms with Crippen LogP contribution in [0.25, 0.3) is 0 Å². The summed E-state index contributed by atoms with van der Waals surface area (Å²) in [5.74, 6) is -0.341. The van der Waals surface area contributed by atoms with E-state index >= 15 is 0 Å². The highest BCUT2D eigenvalue weighted by Crippen LogP contribution is 2.26. The van der Waals surface area contributed by atoms with E-state index in [2.05, 4.69) is 10.4 Å². The predicted molar refractivity (Wildman–Crippen MR) is 74.7 cm³/mol. The molecule has 1 aromatic heterocycles. The molecule has 2 aromatic rings. The molecule has 0 radical (unpaired) electrons. The van der Waals surface area contributed by atoms with Crippen molar-refractivity contribution < 1.29 is 4.39 Å². The minimum atomic E-state index is -0.341. The third kappa shape index (κ3) is 3.24.